The smallest absolute Gasteiger partial charge is 0.258 e. The van der Waals surface area contributed by atoms with Crippen molar-refractivity contribution >= 4 is 28.2 Å². The standard InChI is InChI=1S/C24H21NO5S/c1-15(21-9-6-12-31-21)25-22(26)14-28-18-10-11-19-20(13-18)29-16(2)24(23(19)27)30-17-7-4-3-5-8-17/h3-13,15H,14H2,1-2H3,(H,25,26). The van der Waals surface area contributed by atoms with E-state index in [1.54, 1.807) is 48.6 Å². The van der Waals surface area contributed by atoms with Crippen LogP contribution < -0.4 is 20.2 Å². The maximum atomic E-state index is 12.9. The lowest BCUT2D eigenvalue weighted by molar-refractivity contribution is -0.123. The van der Waals surface area contributed by atoms with E-state index in [1.807, 2.05) is 42.6 Å². The zero-order valence-corrected chi connectivity index (χ0v) is 17.9. The van der Waals surface area contributed by atoms with Gasteiger partial charge in [0.2, 0.25) is 11.2 Å². The summed E-state index contributed by atoms with van der Waals surface area (Å²) in [7, 11) is 0. The van der Waals surface area contributed by atoms with E-state index < -0.39 is 0 Å². The van der Waals surface area contributed by atoms with Crippen LogP contribution in [0.15, 0.2) is 75.3 Å². The Kier molecular flexibility index (Phi) is 6.04. The Bertz CT molecular complexity index is 1250. The van der Waals surface area contributed by atoms with E-state index in [-0.39, 0.29) is 29.7 Å². The van der Waals surface area contributed by atoms with E-state index in [0.717, 1.165) is 4.88 Å². The second kappa shape index (κ2) is 9.06. The SMILES string of the molecule is Cc1oc2cc(OCC(=O)NC(C)c3cccs3)ccc2c(=O)c1Oc1ccccc1. The molecule has 7 heteroatoms. The van der Waals surface area contributed by atoms with Crippen molar-refractivity contribution in [2.24, 2.45) is 0 Å². The predicted octanol–water partition coefficient (Wildman–Crippen LogP) is 5.21. The molecule has 2 heterocycles. The average molecular weight is 436 g/mol. The quantitative estimate of drug-likeness (QED) is 0.431. The summed E-state index contributed by atoms with van der Waals surface area (Å²) in [5.74, 6) is 1.27. The van der Waals surface area contributed by atoms with Crippen molar-refractivity contribution in [1.29, 1.82) is 0 Å². The first kappa shape index (κ1) is 20.7. The second-order valence-electron chi connectivity index (χ2n) is 6.98. The highest BCUT2D eigenvalue weighted by atomic mass is 32.1. The molecule has 0 aliphatic carbocycles. The molecule has 2 aromatic heterocycles. The number of carbonyl (C=O) groups is 1. The maximum Gasteiger partial charge on any atom is 0.258 e. The molecule has 0 bridgehead atoms. The molecule has 4 rings (SSSR count). The number of carbonyl (C=O) groups excluding carboxylic acids is 1. The van der Waals surface area contributed by atoms with Crippen molar-refractivity contribution in [2.45, 2.75) is 19.9 Å². The second-order valence-corrected chi connectivity index (χ2v) is 7.96. The number of aryl methyl sites for hydroxylation is 1. The number of amides is 1. The highest BCUT2D eigenvalue weighted by Gasteiger charge is 2.15. The monoisotopic (exact) mass is 435 g/mol. The first-order valence-electron chi connectivity index (χ1n) is 9.77. The van der Waals surface area contributed by atoms with Gasteiger partial charge < -0.3 is 19.2 Å². The molecule has 1 amide bonds. The lowest BCUT2D eigenvalue weighted by Gasteiger charge is -2.13. The summed E-state index contributed by atoms with van der Waals surface area (Å²) in [4.78, 5) is 26.1. The van der Waals surface area contributed by atoms with Gasteiger partial charge in [0.05, 0.1) is 11.4 Å². The highest BCUT2D eigenvalue weighted by molar-refractivity contribution is 7.10. The summed E-state index contributed by atoms with van der Waals surface area (Å²) in [6, 6.07) is 17.7. The number of hydrogen-bond donors (Lipinski definition) is 1. The third-order valence-corrected chi connectivity index (χ3v) is 5.72. The molecule has 0 radical (unpaired) electrons. The lowest BCUT2D eigenvalue weighted by Crippen LogP contribution is -2.30. The van der Waals surface area contributed by atoms with Crippen LogP contribution in [0.5, 0.6) is 17.2 Å². The number of benzene rings is 2. The third kappa shape index (κ3) is 4.78. The Morgan fingerprint density at radius 3 is 2.65 bits per heavy atom. The van der Waals surface area contributed by atoms with Gasteiger partial charge >= 0.3 is 0 Å². The summed E-state index contributed by atoms with van der Waals surface area (Å²) in [5, 5.41) is 5.24. The zero-order valence-electron chi connectivity index (χ0n) is 17.1. The van der Waals surface area contributed by atoms with Crippen LogP contribution in [0.2, 0.25) is 0 Å². The van der Waals surface area contributed by atoms with Gasteiger partial charge in [0.25, 0.3) is 5.91 Å². The Balaban J connectivity index is 1.47. The molecule has 2 aromatic carbocycles. The van der Waals surface area contributed by atoms with Crippen molar-refractivity contribution < 1.29 is 18.7 Å². The molecule has 0 aliphatic heterocycles. The molecule has 0 spiro atoms. The van der Waals surface area contributed by atoms with Gasteiger partial charge in [-0.1, -0.05) is 24.3 Å². The molecule has 0 fully saturated rings. The molecule has 0 aliphatic rings. The van der Waals surface area contributed by atoms with Gasteiger partial charge in [-0.25, -0.2) is 0 Å². The van der Waals surface area contributed by atoms with Crippen LogP contribution in [0.4, 0.5) is 0 Å². The summed E-state index contributed by atoms with van der Waals surface area (Å²) < 4.78 is 17.1. The Hall–Kier alpha value is -3.58. The number of ether oxygens (including phenoxy) is 2. The van der Waals surface area contributed by atoms with Crippen LogP contribution in [-0.2, 0) is 4.79 Å². The van der Waals surface area contributed by atoms with Gasteiger partial charge in [-0.15, -0.1) is 11.3 Å². The van der Waals surface area contributed by atoms with Gasteiger partial charge in [0.1, 0.15) is 22.8 Å². The molecule has 158 valence electrons. The fourth-order valence-corrected chi connectivity index (χ4v) is 3.86. The molecule has 4 aromatic rings. The molecule has 1 unspecified atom stereocenters. The van der Waals surface area contributed by atoms with Gasteiger partial charge in [0.15, 0.2) is 6.61 Å². The van der Waals surface area contributed by atoms with E-state index in [1.165, 1.54) is 0 Å². The number of nitrogens with one attached hydrogen (secondary N) is 1. The van der Waals surface area contributed by atoms with Crippen molar-refractivity contribution in [2.75, 3.05) is 6.61 Å². The minimum atomic E-state index is -0.267. The van der Waals surface area contributed by atoms with E-state index in [4.69, 9.17) is 13.9 Å². The third-order valence-electron chi connectivity index (χ3n) is 4.67. The first-order chi connectivity index (χ1) is 15.0. The van der Waals surface area contributed by atoms with Crippen molar-refractivity contribution in [3.8, 4) is 17.2 Å². The van der Waals surface area contributed by atoms with Crippen LogP contribution in [0.1, 0.15) is 23.6 Å². The van der Waals surface area contributed by atoms with Gasteiger partial charge in [-0.05, 0) is 49.6 Å². The Morgan fingerprint density at radius 2 is 1.90 bits per heavy atom. The largest absolute Gasteiger partial charge is 0.484 e. The topological polar surface area (TPSA) is 77.8 Å². The van der Waals surface area contributed by atoms with E-state index in [9.17, 15) is 9.59 Å². The lowest BCUT2D eigenvalue weighted by atomic mass is 10.2. The van der Waals surface area contributed by atoms with E-state index >= 15 is 0 Å². The molecule has 6 nitrogen and oxygen atoms in total. The van der Waals surface area contributed by atoms with E-state index in [0.29, 0.717) is 28.2 Å². The molecular weight excluding hydrogens is 414 g/mol. The summed E-state index contributed by atoms with van der Waals surface area (Å²) in [5.41, 5.74) is 0.101. The Morgan fingerprint density at radius 1 is 1.10 bits per heavy atom. The highest BCUT2D eigenvalue weighted by Crippen LogP contribution is 2.27. The fraction of sp³-hybridized carbons (Fsp3) is 0.167. The molecular formula is C24H21NO5S. The van der Waals surface area contributed by atoms with E-state index in [2.05, 4.69) is 5.32 Å². The van der Waals surface area contributed by atoms with Crippen LogP contribution >= 0.6 is 11.3 Å². The minimum absolute atomic E-state index is 0.0867. The van der Waals surface area contributed by atoms with Gasteiger partial charge in [0, 0.05) is 10.9 Å². The number of thiophene rings is 1. The minimum Gasteiger partial charge on any atom is -0.484 e. The Labute approximate surface area is 183 Å². The molecule has 0 saturated carbocycles. The number of hydrogen-bond acceptors (Lipinski definition) is 6. The molecule has 0 saturated heterocycles. The first-order valence-corrected chi connectivity index (χ1v) is 10.6. The predicted molar refractivity (Wildman–Crippen MR) is 120 cm³/mol. The van der Waals surface area contributed by atoms with Crippen molar-refractivity contribution in [1.82, 2.24) is 5.32 Å². The van der Waals surface area contributed by atoms with Crippen LogP contribution in [0.3, 0.4) is 0 Å². The number of fused-ring (bicyclic) bond motifs is 1. The molecule has 1 N–H and O–H groups in total. The summed E-state index contributed by atoms with van der Waals surface area (Å²) in [6.07, 6.45) is 0. The number of rotatable bonds is 7. The van der Waals surface area contributed by atoms with Crippen molar-refractivity contribution in [3.05, 3.63) is 86.9 Å². The fourth-order valence-electron chi connectivity index (χ4n) is 3.12. The van der Waals surface area contributed by atoms with Gasteiger partial charge in [-0.2, -0.15) is 0 Å². The number of para-hydroxylation sites is 1. The molecule has 1 atom stereocenters. The summed E-state index contributed by atoms with van der Waals surface area (Å²) in [6.45, 7) is 3.46. The van der Waals surface area contributed by atoms with Crippen LogP contribution in [0.25, 0.3) is 11.0 Å². The van der Waals surface area contributed by atoms with Crippen molar-refractivity contribution in [3.63, 3.8) is 0 Å². The maximum absolute atomic E-state index is 12.9. The molecule has 31 heavy (non-hydrogen) atoms. The van der Waals surface area contributed by atoms with Crippen LogP contribution in [0, 0.1) is 6.92 Å². The normalized spacial score (nSPS) is 11.8. The summed E-state index contributed by atoms with van der Waals surface area (Å²) >= 11 is 1.59. The van der Waals surface area contributed by atoms with Crippen LogP contribution in [-0.4, -0.2) is 12.5 Å². The average Bonchev–Trinajstić information content (AvgIpc) is 3.31. The zero-order chi connectivity index (χ0) is 21.8. The van der Waals surface area contributed by atoms with Gasteiger partial charge in [-0.3, -0.25) is 9.59 Å².